The van der Waals surface area contributed by atoms with Crippen LogP contribution in [-0.4, -0.2) is 35.7 Å². The second-order valence-corrected chi connectivity index (χ2v) is 5.90. The Morgan fingerprint density at radius 3 is 2.89 bits per heavy atom. The zero-order valence-corrected chi connectivity index (χ0v) is 11.7. The molecule has 19 heavy (non-hydrogen) atoms. The summed E-state index contributed by atoms with van der Waals surface area (Å²) in [5.74, 6) is -1.32. The van der Waals surface area contributed by atoms with Crippen LogP contribution in [0.1, 0.15) is 17.7 Å². The lowest BCUT2D eigenvalue weighted by molar-refractivity contribution is -0.147. The van der Waals surface area contributed by atoms with Gasteiger partial charge in [0, 0.05) is 29.7 Å². The molecule has 1 saturated heterocycles. The summed E-state index contributed by atoms with van der Waals surface area (Å²) in [4.78, 5) is 24.1. The van der Waals surface area contributed by atoms with Crippen LogP contribution in [0.4, 0.5) is 0 Å². The molecule has 1 amide bonds. The van der Waals surface area contributed by atoms with Crippen LogP contribution < -0.4 is 5.32 Å². The Balaban J connectivity index is 1.88. The average molecular weight is 304 g/mol. The van der Waals surface area contributed by atoms with Crippen molar-refractivity contribution in [1.82, 2.24) is 5.32 Å². The quantitative estimate of drug-likeness (QED) is 0.868. The van der Waals surface area contributed by atoms with Gasteiger partial charge in [-0.1, -0.05) is 11.6 Å². The lowest BCUT2D eigenvalue weighted by Crippen LogP contribution is -2.55. The monoisotopic (exact) mass is 303 g/mol. The van der Waals surface area contributed by atoms with E-state index < -0.39 is 11.5 Å². The van der Waals surface area contributed by atoms with E-state index in [1.165, 1.54) is 11.3 Å². The Morgan fingerprint density at radius 2 is 2.37 bits per heavy atom. The zero-order chi connectivity index (χ0) is 13.9. The van der Waals surface area contributed by atoms with Gasteiger partial charge in [0.25, 0.3) is 0 Å². The zero-order valence-electron chi connectivity index (χ0n) is 10.1. The third kappa shape index (κ3) is 3.46. The molecular weight excluding hydrogens is 290 g/mol. The van der Waals surface area contributed by atoms with Gasteiger partial charge in [0.1, 0.15) is 0 Å². The average Bonchev–Trinajstić information content (AvgIpc) is 2.97. The molecule has 0 radical (unpaired) electrons. The van der Waals surface area contributed by atoms with E-state index in [0.717, 1.165) is 4.88 Å². The van der Waals surface area contributed by atoms with E-state index in [1.807, 2.05) is 6.07 Å². The summed E-state index contributed by atoms with van der Waals surface area (Å²) < 4.78 is 5.08. The van der Waals surface area contributed by atoms with Crippen LogP contribution >= 0.6 is 22.9 Å². The smallest absolute Gasteiger partial charge is 0.331 e. The largest absolute Gasteiger partial charge is 0.479 e. The van der Waals surface area contributed by atoms with Crippen molar-refractivity contribution < 1.29 is 19.4 Å². The summed E-state index contributed by atoms with van der Waals surface area (Å²) in [5.41, 5.74) is -1.26. The first kappa shape index (κ1) is 14.3. The van der Waals surface area contributed by atoms with Gasteiger partial charge in [0.05, 0.1) is 11.6 Å². The molecule has 0 spiro atoms. The maximum Gasteiger partial charge on any atom is 0.331 e. The Kier molecular flexibility index (Phi) is 4.44. The molecule has 5 nitrogen and oxygen atoms in total. The van der Waals surface area contributed by atoms with E-state index in [0.29, 0.717) is 24.5 Å². The molecule has 1 aromatic heterocycles. The van der Waals surface area contributed by atoms with E-state index in [9.17, 15) is 14.7 Å². The van der Waals surface area contributed by atoms with Crippen molar-refractivity contribution in [1.29, 1.82) is 0 Å². The summed E-state index contributed by atoms with van der Waals surface area (Å²) in [5, 5.41) is 14.2. The number of aliphatic carboxylic acids is 1. The Hall–Kier alpha value is -1.11. The lowest BCUT2D eigenvalue weighted by Gasteiger charge is -2.23. The van der Waals surface area contributed by atoms with Gasteiger partial charge in [0.2, 0.25) is 5.91 Å². The third-order valence-corrected chi connectivity index (χ3v) is 4.37. The molecule has 0 aromatic carbocycles. The van der Waals surface area contributed by atoms with Gasteiger partial charge in [0.15, 0.2) is 5.54 Å². The number of aryl methyl sites for hydroxylation is 1. The number of ether oxygens (including phenoxy) is 1. The highest BCUT2D eigenvalue weighted by molar-refractivity contribution is 7.10. The topological polar surface area (TPSA) is 75.6 Å². The number of nitrogens with one attached hydrogen (secondary N) is 1. The molecule has 0 bridgehead atoms. The van der Waals surface area contributed by atoms with Crippen molar-refractivity contribution in [3.05, 3.63) is 21.3 Å². The number of carbonyl (C=O) groups is 2. The summed E-state index contributed by atoms with van der Waals surface area (Å²) in [6.45, 7) is 0.381. The molecule has 1 unspecified atom stereocenters. The summed E-state index contributed by atoms with van der Waals surface area (Å²) in [7, 11) is 0. The molecule has 2 N–H and O–H groups in total. The number of rotatable bonds is 5. The van der Waals surface area contributed by atoms with Crippen LogP contribution in [0.5, 0.6) is 0 Å². The molecule has 2 heterocycles. The van der Waals surface area contributed by atoms with Crippen molar-refractivity contribution >= 4 is 34.8 Å². The summed E-state index contributed by atoms with van der Waals surface area (Å²) in [6.07, 6.45) is 1.10. The fourth-order valence-corrected chi connectivity index (χ4v) is 3.01. The molecule has 1 aliphatic heterocycles. The van der Waals surface area contributed by atoms with Crippen molar-refractivity contribution in [2.45, 2.75) is 24.8 Å². The van der Waals surface area contributed by atoms with E-state index in [-0.39, 0.29) is 18.9 Å². The first-order valence-electron chi connectivity index (χ1n) is 5.87. The number of carboxylic acids is 1. The minimum absolute atomic E-state index is 0.0267. The predicted molar refractivity (Wildman–Crippen MR) is 71.6 cm³/mol. The van der Waals surface area contributed by atoms with Gasteiger partial charge in [-0.15, -0.1) is 11.3 Å². The van der Waals surface area contributed by atoms with Crippen LogP contribution in [0.3, 0.4) is 0 Å². The Bertz CT molecular complexity index is 482. The molecule has 1 atom stereocenters. The first-order valence-corrected chi connectivity index (χ1v) is 7.13. The number of halogens is 1. The fraction of sp³-hybridized carbons (Fsp3) is 0.500. The standard InChI is InChI=1S/C12H14ClNO4S/c13-8-5-9(19-6-8)1-2-10(15)14-12(11(16)17)3-4-18-7-12/h5-6H,1-4,7H2,(H,14,15)(H,16,17). The Labute approximate surface area is 119 Å². The molecule has 0 saturated carbocycles. The molecule has 0 aliphatic carbocycles. The maximum absolute atomic E-state index is 11.8. The SMILES string of the molecule is O=C(CCc1cc(Cl)cs1)NC1(C(=O)O)CCOC1. The Morgan fingerprint density at radius 1 is 1.58 bits per heavy atom. The molecule has 2 rings (SSSR count). The second kappa shape index (κ2) is 5.90. The summed E-state index contributed by atoms with van der Waals surface area (Å²) >= 11 is 7.28. The number of carboxylic acid groups (broad SMARTS) is 1. The molecule has 1 aliphatic rings. The van der Waals surface area contributed by atoms with E-state index >= 15 is 0 Å². The number of hydrogen-bond acceptors (Lipinski definition) is 4. The van der Waals surface area contributed by atoms with Gasteiger partial charge in [-0.25, -0.2) is 4.79 Å². The third-order valence-electron chi connectivity index (χ3n) is 3.03. The minimum Gasteiger partial charge on any atom is -0.479 e. The maximum atomic E-state index is 11.8. The highest BCUT2D eigenvalue weighted by atomic mass is 35.5. The normalized spacial score (nSPS) is 22.4. The van der Waals surface area contributed by atoms with Crippen LogP contribution in [0.15, 0.2) is 11.4 Å². The number of amides is 1. The number of carbonyl (C=O) groups excluding carboxylic acids is 1. The fourth-order valence-electron chi connectivity index (χ4n) is 1.94. The molecule has 1 fully saturated rings. The molecule has 1 aromatic rings. The van der Waals surface area contributed by atoms with Crippen LogP contribution in [0, 0.1) is 0 Å². The van der Waals surface area contributed by atoms with Crippen LogP contribution in [-0.2, 0) is 20.7 Å². The van der Waals surface area contributed by atoms with E-state index in [1.54, 1.807) is 5.38 Å². The summed E-state index contributed by atoms with van der Waals surface area (Å²) in [6, 6.07) is 1.81. The molecule has 7 heteroatoms. The first-order chi connectivity index (χ1) is 9.02. The van der Waals surface area contributed by atoms with Gasteiger partial charge < -0.3 is 15.2 Å². The van der Waals surface area contributed by atoms with E-state index in [4.69, 9.17) is 16.3 Å². The van der Waals surface area contributed by atoms with Gasteiger partial charge >= 0.3 is 5.97 Å². The second-order valence-electron chi connectivity index (χ2n) is 4.47. The van der Waals surface area contributed by atoms with E-state index in [2.05, 4.69) is 5.32 Å². The van der Waals surface area contributed by atoms with Crippen molar-refractivity contribution in [2.75, 3.05) is 13.2 Å². The number of thiophene rings is 1. The van der Waals surface area contributed by atoms with Crippen LogP contribution in [0.25, 0.3) is 0 Å². The van der Waals surface area contributed by atoms with Crippen molar-refractivity contribution in [3.63, 3.8) is 0 Å². The molecular formula is C12H14ClNO4S. The van der Waals surface area contributed by atoms with Gasteiger partial charge in [-0.05, 0) is 12.5 Å². The highest BCUT2D eigenvalue weighted by Crippen LogP contribution is 2.22. The van der Waals surface area contributed by atoms with Gasteiger partial charge in [-0.3, -0.25) is 4.79 Å². The van der Waals surface area contributed by atoms with Crippen molar-refractivity contribution in [2.24, 2.45) is 0 Å². The molecule has 104 valence electrons. The van der Waals surface area contributed by atoms with Gasteiger partial charge in [-0.2, -0.15) is 0 Å². The van der Waals surface area contributed by atoms with Crippen LogP contribution in [0.2, 0.25) is 5.02 Å². The van der Waals surface area contributed by atoms with Crippen molar-refractivity contribution in [3.8, 4) is 0 Å². The number of hydrogen-bond donors (Lipinski definition) is 2. The lowest BCUT2D eigenvalue weighted by atomic mass is 9.98. The highest BCUT2D eigenvalue weighted by Gasteiger charge is 2.43. The predicted octanol–water partition coefficient (Wildman–Crippen LogP) is 1.69. The minimum atomic E-state index is -1.26.